The molecule has 1 fully saturated rings. The highest BCUT2D eigenvalue weighted by atomic mass is 16.5. The minimum absolute atomic E-state index is 0.341. The van der Waals surface area contributed by atoms with Crippen LogP contribution in [0.3, 0.4) is 0 Å². The minimum Gasteiger partial charge on any atom is -0.481 e. The summed E-state index contributed by atoms with van der Waals surface area (Å²) in [6, 6.07) is 0. The summed E-state index contributed by atoms with van der Waals surface area (Å²) >= 11 is 0. The fourth-order valence-corrected chi connectivity index (χ4v) is 2.33. The Kier molecular flexibility index (Phi) is 2.71. The predicted octanol–water partition coefficient (Wildman–Crippen LogP) is 1.20. The van der Waals surface area contributed by atoms with E-state index in [1.807, 2.05) is 20.9 Å². The number of aromatic nitrogens is 2. The van der Waals surface area contributed by atoms with Crippen LogP contribution >= 0.6 is 0 Å². The molecule has 0 saturated carbocycles. The Morgan fingerprint density at radius 1 is 1.56 bits per heavy atom. The summed E-state index contributed by atoms with van der Waals surface area (Å²) < 4.78 is 7.32. The molecule has 0 aromatic carbocycles. The van der Waals surface area contributed by atoms with Crippen molar-refractivity contribution in [2.45, 2.75) is 26.4 Å². The van der Waals surface area contributed by atoms with E-state index >= 15 is 0 Å². The lowest BCUT2D eigenvalue weighted by Gasteiger charge is -2.15. The first-order chi connectivity index (χ1) is 7.52. The maximum absolute atomic E-state index is 11.1. The molecule has 1 saturated heterocycles. The molecule has 5 heteroatoms. The van der Waals surface area contributed by atoms with Gasteiger partial charge in [0.15, 0.2) is 0 Å². The number of rotatable bonds is 2. The summed E-state index contributed by atoms with van der Waals surface area (Å²) in [7, 11) is 1.86. The van der Waals surface area contributed by atoms with Gasteiger partial charge in [0.25, 0.3) is 0 Å². The Labute approximate surface area is 94.0 Å². The van der Waals surface area contributed by atoms with Crippen molar-refractivity contribution in [3.63, 3.8) is 0 Å². The lowest BCUT2D eigenvalue weighted by Crippen LogP contribution is -2.18. The van der Waals surface area contributed by atoms with Crippen molar-refractivity contribution in [2.24, 2.45) is 13.0 Å². The van der Waals surface area contributed by atoms with Crippen molar-refractivity contribution in [3.8, 4) is 0 Å². The Morgan fingerprint density at radius 2 is 2.25 bits per heavy atom. The first-order valence-corrected chi connectivity index (χ1v) is 5.37. The summed E-state index contributed by atoms with van der Waals surface area (Å²) in [5.41, 5.74) is 2.78. The number of carboxylic acids is 1. The Morgan fingerprint density at radius 3 is 2.75 bits per heavy atom. The smallest absolute Gasteiger partial charge is 0.309 e. The van der Waals surface area contributed by atoms with Gasteiger partial charge in [-0.25, -0.2) is 0 Å². The van der Waals surface area contributed by atoms with E-state index in [2.05, 4.69) is 5.10 Å². The first kappa shape index (κ1) is 11.1. The van der Waals surface area contributed by atoms with Crippen molar-refractivity contribution in [3.05, 3.63) is 17.0 Å². The lowest BCUT2D eigenvalue weighted by molar-refractivity contribution is -0.143. The van der Waals surface area contributed by atoms with Crippen LogP contribution in [0.15, 0.2) is 0 Å². The van der Waals surface area contributed by atoms with E-state index in [1.165, 1.54) is 0 Å². The number of ether oxygens (including phenoxy) is 1. The third kappa shape index (κ3) is 1.61. The molecule has 0 aliphatic carbocycles. The fourth-order valence-electron chi connectivity index (χ4n) is 2.33. The molecular weight excluding hydrogens is 208 g/mol. The summed E-state index contributed by atoms with van der Waals surface area (Å²) in [6.45, 7) is 4.34. The van der Waals surface area contributed by atoms with E-state index in [1.54, 1.807) is 4.68 Å². The van der Waals surface area contributed by atoms with Gasteiger partial charge in [-0.1, -0.05) is 0 Å². The molecule has 2 atom stereocenters. The number of hydrogen-bond donors (Lipinski definition) is 1. The van der Waals surface area contributed by atoms with E-state index in [4.69, 9.17) is 9.84 Å². The normalized spacial score (nSPS) is 24.9. The SMILES string of the molecule is Cc1nn(C)c(C)c1[C@H]1OCC[C@H]1C(=O)O. The number of nitrogens with zero attached hydrogens (tertiary/aromatic N) is 2. The molecule has 1 aliphatic rings. The maximum Gasteiger partial charge on any atom is 0.309 e. The van der Waals surface area contributed by atoms with Crippen LogP contribution in [-0.4, -0.2) is 27.5 Å². The molecule has 5 nitrogen and oxygen atoms in total. The maximum atomic E-state index is 11.1. The predicted molar refractivity (Wildman–Crippen MR) is 57.1 cm³/mol. The molecule has 1 aliphatic heterocycles. The summed E-state index contributed by atoms with van der Waals surface area (Å²) in [5, 5.41) is 13.4. The molecule has 0 unspecified atom stereocenters. The van der Waals surface area contributed by atoms with Crippen molar-refractivity contribution in [1.29, 1.82) is 0 Å². The zero-order valence-electron chi connectivity index (χ0n) is 9.73. The molecule has 16 heavy (non-hydrogen) atoms. The van der Waals surface area contributed by atoms with Gasteiger partial charge in [-0.05, 0) is 20.3 Å². The molecule has 0 bridgehead atoms. The van der Waals surface area contributed by atoms with Gasteiger partial charge in [0.05, 0.1) is 17.7 Å². The van der Waals surface area contributed by atoms with Gasteiger partial charge in [0, 0.05) is 24.9 Å². The third-order valence-electron chi connectivity index (χ3n) is 3.26. The zero-order valence-corrected chi connectivity index (χ0v) is 9.73. The number of carbonyl (C=O) groups is 1. The molecule has 2 heterocycles. The fraction of sp³-hybridized carbons (Fsp3) is 0.636. The van der Waals surface area contributed by atoms with Crippen LogP contribution in [0.1, 0.15) is 29.5 Å². The highest BCUT2D eigenvalue weighted by molar-refractivity contribution is 5.71. The van der Waals surface area contributed by atoms with Gasteiger partial charge < -0.3 is 9.84 Å². The second-order valence-electron chi connectivity index (χ2n) is 4.23. The highest BCUT2D eigenvalue weighted by Gasteiger charge is 2.37. The molecule has 1 aromatic heterocycles. The van der Waals surface area contributed by atoms with Gasteiger partial charge in [0.1, 0.15) is 0 Å². The van der Waals surface area contributed by atoms with Crippen LogP contribution in [0.4, 0.5) is 0 Å². The summed E-state index contributed by atoms with van der Waals surface area (Å²) in [4.78, 5) is 11.1. The number of aryl methyl sites for hydroxylation is 2. The lowest BCUT2D eigenvalue weighted by atomic mass is 9.94. The van der Waals surface area contributed by atoms with Crippen LogP contribution < -0.4 is 0 Å². The molecule has 1 N–H and O–H groups in total. The Hall–Kier alpha value is -1.36. The van der Waals surface area contributed by atoms with Gasteiger partial charge in [-0.2, -0.15) is 5.10 Å². The molecule has 88 valence electrons. The van der Waals surface area contributed by atoms with E-state index < -0.39 is 11.9 Å². The van der Waals surface area contributed by atoms with Crippen molar-refractivity contribution in [1.82, 2.24) is 9.78 Å². The van der Waals surface area contributed by atoms with E-state index in [0.29, 0.717) is 13.0 Å². The van der Waals surface area contributed by atoms with Crippen LogP contribution in [0.2, 0.25) is 0 Å². The quantitative estimate of drug-likeness (QED) is 0.819. The number of aliphatic carboxylic acids is 1. The monoisotopic (exact) mass is 224 g/mol. The summed E-state index contributed by atoms with van der Waals surface area (Å²) in [6.07, 6.45) is 0.236. The van der Waals surface area contributed by atoms with Crippen LogP contribution in [0, 0.1) is 19.8 Å². The van der Waals surface area contributed by atoms with Gasteiger partial charge in [-0.15, -0.1) is 0 Å². The average molecular weight is 224 g/mol. The molecular formula is C11H16N2O3. The minimum atomic E-state index is -0.787. The van der Waals surface area contributed by atoms with E-state index in [0.717, 1.165) is 17.0 Å². The van der Waals surface area contributed by atoms with Crippen molar-refractivity contribution >= 4 is 5.97 Å². The van der Waals surface area contributed by atoms with E-state index in [9.17, 15) is 4.79 Å². The molecule has 0 spiro atoms. The van der Waals surface area contributed by atoms with Crippen molar-refractivity contribution in [2.75, 3.05) is 6.61 Å². The zero-order chi connectivity index (χ0) is 11.9. The molecule has 1 aromatic rings. The average Bonchev–Trinajstić information content (AvgIpc) is 2.73. The van der Waals surface area contributed by atoms with Gasteiger partial charge >= 0.3 is 5.97 Å². The topological polar surface area (TPSA) is 64.4 Å². The Bertz CT molecular complexity index is 425. The van der Waals surface area contributed by atoms with Crippen LogP contribution in [0.25, 0.3) is 0 Å². The summed E-state index contributed by atoms with van der Waals surface area (Å²) in [5.74, 6) is -1.23. The van der Waals surface area contributed by atoms with Crippen LogP contribution in [-0.2, 0) is 16.6 Å². The highest BCUT2D eigenvalue weighted by Crippen LogP contribution is 2.37. The van der Waals surface area contributed by atoms with Crippen LogP contribution in [0.5, 0.6) is 0 Å². The molecule has 2 rings (SSSR count). The standard InChI is InChI=1S/C11H16N2O3/c1-6-9(7(2)13(3)12-6)10-8(11(14)15)4-5-16-10/h8,10H,4-5H2,1-3H3,(H,14,15)/t8-,10+/m1/s1. The second kappa shape index (κ2) is 3.90. The largest absolute Gasteiger partial charge is 0.481 e. The third-order valence-corrected chi connectivity index (χ3v) is 3.26. The van der Waals surface area contributed by atoms with Gasteiger partial charge in [0.2, 0.25) is 0 Å². The first-order valence-electron chi connectivity index (χ1n) is 5.37. The number of carboxylic acid groups (broad SMARTS) is 1. The molecule has 0 amide bonds. The van der Waals surface area contributed by atoms with Crippen molar-refractivity contribution < 1.29 is 14.6 Å². The van der Waals surface area contributed by atoms with E-state index in [-0.39, 0.29) is 6.10 Å². The Balaban J connectivity index is 2.40. The number of hydrogen-bond acceptors (Lipinski definition) is 3. The van der Waals surface area contributed by atoms with Gasteiger partial charge in [-0.3, -0.25) is 9.48 Å². The second-order valence-corrected chi connectivity index (χ2v) is 4.23. The molecule has 0 radical (unpaired) electrons.